The first-order chi connectivity index (χ1) is 8.92. The minimum absolute atomic E-state index is 0.0281. The van der Waals surface area contributed by atoms with E-state index in [1.54, 1.807) is 29.9 Å². The summed E-state index contributed by atoms with van der Waals surface area (Å²) in [4.78, 5) is 16.2. The Labute approximate surface area is 109 Å². The monoisotopic (exact) mass is 262 g/mol. The minimum Gasteiger partial charge on any atom is -0.369 e. The van der Waals surface area contributed by atoms with E-state index in [9.17, 15) is 0 Å². The first-order valence-electron chi connectivity index (χ1n) is 5.89. The van der Waals surface area contributed by atoms with Crippen LogP contribution in [0.15, 0.2) is 30.3 Å². The molecule has 3 rings (SSSR count). The summed E-state index contributed by atoms with van der Waals surface area (Å²) < 4.78 is 5.76. The molecule has 1 fully saturated rings. The highest BCUT2D eigenvalue weighted by atomic mass is 32.1. The molecule has 94 valence electrons. The van der Waals surface area contributed by atoms with Crippen molar-refractivity contribution in [2.45, 2.75) is 12.6 Å². The number of aromatic nitrogens is 3. The largest absolute Gasteiger partial charge is 0.369 e. The summed E-state index contributed by atoms with van der Waals surface area (Å²) in [5.74, 6) is 0. The molecule has 0 aromatic carbocycles. The molecule has 0 amide bonds. The first-order valence-corrected chi connectivity index (χ1v) is 6.77. The summed E-state index contributed by atoms with van der Waals surface area (Å²) in [6.45, 7) is 3.48. The number of thiazole rings is 1. The summed E-state index contributed by atoms with van der Waals surface area (Å²) in [5, 5.41) is 0. The van der Waals surface area contributed by atoms with Crippen molar-refractivity contribution in [2.24, 2.45) is 0 Å². The number of ether oxygens (including phenoxy) is 1. The summed E-state index contributed by atoms with van der Waals surface area (Å²) in [6, 6.07) is 0. The highest BCUT2D eigenvalue weighted by Crippen LogP contribution is 2.21. The summed E-state index contributed by atoms with van der Waals surface area (Å²) >= 11 is 1.69. The molecule has 1 aliphatic heterocycles. The smallest absolute Gasteiger partial charge is 0.114 e. The molecule has 5 nitrogen and oxygen atoms in total. The van der Waals surface area contributed by atoms with Crippen LogP contribution in [0.2, 0.25) is 0 Å². The van der Waals surface area contributed by atoms with Crippen LogP contribution in [-0.2, 0) is 11.3 Å². The lowest BCUT2D eigenvalue weighted by Crippen LogP contribution is -2.37. The van der Waals surface area contributed by atoms with Crippen LogP contribution < -0.4 is 0 Å². The van der Waals surface area contributed by atoms with Gasteiger partial charge in [0.15, 0.2) is 0 Å². The molecule has 2 aromatic rings. The van der Waals surface area contributed by atoms with Crippen LogP contribution in [0.5, 0.6) is 0 Å². The van der Waals surface area contributed by atoms with Gasteiger partial charge in [0.25, 0.3) is 0 Å². The fourth-order valence-electron chi connectivity index (χ4n) is 2.04. The van der Waals surface area contributed by atoms with E-state index in [1.807, 2.05) is 11.7 Å². The van der Waals surface area contributed by atoms with E-state index < -0.39 is 0 Å². The van der Waals surface area contributed by atoms with Crippen LogP contribution in [0.25, 0.3) is 0 Å². The van der Waals surface area contributed by atoms with Crippen molar-refractivity contribution >= 4 is 11.3 Å². The maximum atomic E-state index is 5.76. The zero-order chi connectivity index (χ0) is 12.2. The van der Waals surface area contributed by atoms with Gasteiger partial charge < -0.3 is 4.74 Å². The molecule has 1 saturated heterocycles. The van der Waals surface area contributed by atoms with Gasteiger partial charge in [-0.2, -0.15) is 0 Å². The average molecular weight is 262 g/mol. The third-order valence-corrected chi connectivity index (χ3v) is 3.69. The minimum atomic E-state index is 0.0281. The average Bonchev–Trinajstić information content (AvgIpc) is 2.93. The molecule has 0 aliphatic carbocycles. The van der Waals surface area contributed by atoms with Gasteiger partial charge in [-0.25, -0.2) is 0 Å². The van der Waals surface area contributed by atoms with E-state index in [4.69, 9.17) is 4.74 Å². The molecular weight excluding hydrogens is 248 g/mol. The van der Waals surface area contributed by atoms with Crippen LogP contribution in [0, 0.1) is 0 Å². The maximum Gasteiger partial charge on any atom is 0.114 e. The van der Waals surface area contributed by atoms with Crippen molar-refractivity contribution in [3.8, 4) is 0 Å². The fourth-order valence-corrected chi connectivity index (χ4v) is 2.68. The molecule has 0 saturated carbocycles. The Kier molecular flexibility index (Phi) is 3.59. The normalized spacial score (nSPS) is 21.0. The first kappa shape index (κ1) is 11.7. The molecule has 2 aromatic heterocycles. The highest BCUT2D eigenvalue weighted by Gasteiger charge is 2.23. The second-order valence-electron chi connectivity index (χ2n) is 4.19. The van der Waals surface area contributed by atoms with Gasteiger partial charge in [-0.3, -0.25) is 19.9 Å². The fraction of sp³-hybridized carbons (Fsp3) is 0.417. The number of hydrogen-bond acceptors (Lipinski definition) is 6. The number of rotatable bonds is 3. The van der Waals surface area contributed by atoms with E-state index in [0.717, 1.165) is 31.9 Å². The summed E-state index contributed by atoms with van der Waals surface area (Å²) in [7, 11) is 0. The van der Waals surface area contributed by atoms with E-state index in [0.29, 0.717) is 0 Å². The van der Waals surface area contributed by atoms with Crippen molar-refractivity contribution in [3.05, 3.63) is 40.9 Å². The second kappa shape index (κ2) is 5.51. The van der Waals surface area contributed by atoms with Gasteiger partial charge in [0.1, 0.15) is 6.10 Å². The summed E-state index contributed by atoms with van der Waals surface area (Å²) in [5.41, 5.74) is 2.78. The van der Waals surface area contributed by atoms with Crippen LogP contribution in [-0.4, -0.2) is 39.5 Å². The molecular formula is C12H14N4OS. The molecule has 1 aliphatic rings. The second-order valence-corrected chi connectivity index (χ2v) is 5.16. The molecule has 0 unspecified atom stereocenters. The van der Waals surface area contributed by atoms with Gasteiger partial charge in [0.05, 0.1) is 24.0 Å². The zero-order valence-electron chi connectivity index (χ0n) is 9.90. The van der Waals surface area contributed by atoms with Crippen molar-refractivity contribution in [1.82, 2.24) is 19.9 Å². The van der Waals surface area contributed by atoms with Crippen molar-refractivity contribution in [2.75, 3.05) is 19.7 Å². The predicted molar refractivity (Wildman–Crippen MR) is 68.1 cm³/mol. The Balaban J connectivity index is 1.65. The van der Waals surface area contributed by atoms with Crippen molar-refractivity contribution in [1.29, 1.82) is 0 Å². The Morgan fingerprint density at radius 2 is 2.33 bits per heavy atom. The van der Waals surface area contributed by atoms with Crippen molar-refractivity contribution in [3.63, 3.8) is 0 Å². The van der Waals surface area contributed by atoms with Crippen LogP contribution in [0.1, 0.15) is 16.7 Å². The SMILES string of the molecule is c1cnc([C@H]2CN(Cc3cncs3)CCO2)cn1. The summed E-state index contributed by atoms with van der Waals surface area (Å²) in [6.07, 6.45) is 7.13. The van der Waals surface area contributed by atoms with E-state index in [-0.39, 0.29) is 6.10 Å². The maximum absolute atomic E-state index is 5.76. The van der Waals surface area contributed by atoms with Gasteiger partial charge in [0.2, 0.25) is 0 Å². The number of morpholine rings is 1. The van der Waals surface area contributed by atoms with Crippen LogP contribution in [0.4, 0.5) is 0 Å². The lowest BCUT2D eigenvalue weighted by molar-refractivity contribution is -0.0348. The molecule has 0 spiro atoms. The van der Waals surface area contributed by atoms with Crippen LogP contribution >= 0.6 is 11.3 Å². The van der Waals surface area contributed by atoms with Gasteiger partial charge >= 0.3 is 0 Å². The molecule has 18 heavy (non-hydrogen) atoms. The van der Waals surface area contributed by atoms with Gasteiger partial charge in [-0.05, 0) is 0 Å². The Morgan fingerprint density at radius 1 is 1.33 bits per heavy atom. The molecule has 3 heterocycles. The molecule has 0 bridgehead atoms. The Hall–Kier alpha value is -1.37. The zero-order valence-corrected chi connectivity index (χ0v) is 10.7. The third kappa shape index (κ3) is 2.72. The standard InChI is InChI=1S/C12H14N4OS/c1-2-15-11(6-13-1)12-8-16(3-4-17-12)7-10-5-14-9-18-10/h1-2,5-6,9,12H,3-4,7-8H2/t12-/m1/s1. The van der Waals surface area contributed by atoms with Crippen LogP contribution in [0.3, 0.4) is 0 Å². The van der Waals surface area contributed by atoms with Gasteiger partial charge in [0, 0.05) is 43.1 Å². The number of nitrogens with zero attached hydrogens (tertiary/aromatic N) is 4. The quantitative estimate of drug-likeness (QED) is 0.839. The molecule has 1 atom stereocenters. The third-order valence-electron chi connectivity index (χ3n) is 2.93. The predicted octanol–water partition coefficient (Wildman–Crippen LogP) is 1.51. The highest BCUT2D eigenvalue weighted by molar-refractivity contribution is 7.09. The number of hydrogen-bond donors (Lipinski definition) is 0. The Bertz CT molecular complexity index is 476. The molecule has 0 radical (unpaired) electrons. The van der Waals surface area contributed by atoms with E-state index in [1.165, 1.54) is 4.88 Å². The van der Waals surface area contributed by atoms with E-state index in [2.05, 4.69) is 19.9 Å². The lowest BCUT2D eigenvalue weighted by Gasteiger charge is -2.31. The molecule has 0 N–H and O–H groups in total. The van der Waals surface area contributed by atoms with E-state index >= 15 is 0 Å². The van der Waals surface area contributed by atoms with Crippen molar-refractivity contribution < 1.29 is 4.74 Å². The topological polar surface area (TPSA) is 51.1 Å². The van der Waals surface area contributed by atoms with Gasteiger partial charge in [-0.1, -0.05) is 0 Å². The molecule has 6 heteroatoms. The van der Waals surface area contributed by atoms with Gasteiger partial charge in [-0.15, -0.1) is 11.3 Å². The Morgan fingerprint density at radius 3 is 3.11 bits per heavy atom. The lowest BCUT2D eigenvalue weighted by atomic mass is 10.2.